The van der Waals surface area contributed by atoms with Gasteiger partial charge in [-0.3, -0.25) is 4.79 Å². The second kappa shape index (κ2) is 5.87. The van der Waals surface area contributed by atoms with Crippen molar-refractivity contribution in [3.63, 3.8) is 0 Å². The van der Waals surface area contributed by atoms with Crippen LogP contribution in [0.1, 0.15) is 17.5 Å². The molecule has 1 atom stereocenters. The third kappa shape index (κ3) is 2.70. The van der Waals surface area contributed by atoms with Crippen molar-refractivity contribution in [1.82, 2.24) is 9.88 Å². The SMILES string of the molecule is CN(C)CCC1(C(F)(F)F)c2cc(F)ccc2Nc2c1cc[nH]c2=O. The lowest BCUT2D eigenvalue weighted by Gasteiger charge is -2.42. The highest BCUT2D eigenvalue weighted by Gasteiger charge is 2.60. The van der Waals surface area contributed by atoms with E-state index in [1.165, 1.54) is 18.3 Å². The molecule has 0 saturated carbocycles. The first-order chi connectivity index (χ1) is 11.7. The Hall–Kier alpha value is -2.35. The molecule has 2 N–H and O–H groups in total. The lowest BCUT2D eigenvalue weighted by atomic mass is 9.68. The summed E-state index contributed by atoms with van der Waals surface area (Å²) in [6.45, 7) is 0.113. The first-order valence-corrected chi connectivity index (χ1v) is 7.67. The van der Waals surface area contributed by atoms with Crippen molar-refractivity contribution in [1.29, 1.82) is 0 Å². The predicted molar refractivity (Wildman–Crippen MR) is 86.8 cm³/mol. The lowest BCUT2D eigenvalue weighted by molar-refractivity contribution is -0.180. The van der Waals surface area contributed by atoms with E-state index >= 15 is 0 Å². The zero-order valence-corrected chi connectivity index (χ0v) is 13.7. The second-order valence-electron chi connectivity index (χ2n) is 6.37. The highest BCUT2D eigenvalue weighted by atomic mass is 19.4. The van der Waals surface area contributed by atoms with E-state index in [1.807, 2.05) is 0 Å². The summed E-state index contributed by atoms with van der Waals surface area (Å²) in [5.74, 6) is -0.757. The van der Waals surface area contributed by atoms with Gasteiger partial charge in [-0.15, -0.1) is 0 Å². The normalized spacial score (nSPS) is 19.3. The van der Waals surface area contributed by atoms with Gasteiger partial charge >= 0.3 is 6.18 Å². The van der Waals surface area contributed by atoms with Gasteiger partial charge in [-0.2, -0.15) is 13.2 Å². The number of alkyl halides is 3. The number of aromatic nitrogens is 1. The zero-order chi connectivity index (χ0) is 18.4. The van der Waals surface area contributed by atoms with Crippen molar-refractivity contribution in [3.05, 3.63) is 57.8 Å². The molecule has 134 valence electrons. The predicted octanol–water partition coefficient (Wildman–Crippen LogP) is 3.37. The topological polar surface area (TPSA) is 48.1 Å². The van der Waals surface area contributed by atoms with Crippen molar-refractivity contribution in [2.24, 2.45) is 0 Å². The Bertz CT molecular complexity index is 860. The summed E-state index contributed by atoms with van der Waals surface area (Å²) >= 11 is 0. The van der Waals surface area contributed by atoms with E-state index in [2.05, 4.69) is 10.3 Å². The molecule has 25 heavy (non-hydrogen) atoms. The van der Waals surface area contributed by atoms with E-state index in [9.17, 15) is 22.4 Å². The number of hydrogen-bond acceptors (Lipinski definition) is 3. The van der Waals surface area contributed by atoms with Gasteiger partial charge in [0.05, 0.1) is 0 Å². The summed E-state index contributed by atoms with van der Waals surface area (Å²) in [6, 6.07) is 4.44. The Labute approximate surface area is 141 Å². The summed E-state index contributed by atoms with van der Waals surface area (Å²) in [5, 5.41) is 2.73. The molecule has 0 saturated heterocycles. The highest BCUT2D eigenvalue weighted by Crippen LogP contribution is 2.55. The maximum atomic E-state index is 14.4. The summed E-state index contributed by atoms with van der Waals surface area (Å²) in [7, 11) is 3.33. The quantitative estimate of drug-likeness (QED) is 0.830. The molecule has 0 fully saturated rings. The number of pyridine rings is 1. The summed E-state index contributed by atoms with van der Waals surface area (Å²) in [6.07, 6.45) is -3.86. The van der Waals surface area contributed by atoms with Crippen LogP contribution < -0.4 is 10.9 Å². The fourth-order valence-corrected chi connectivity index (χ4v) is 3.32. The summed E-state index contributed by atoms with van der Waals surface area (Å²) < 4.78 is 57.0. The fourth-order valence-electron chi connectivity index (χ4n) is 3.32. The van der Waals surface area contributed by atoms with Crippen molar-refractivity contribution in [2.75, 3.05) is 26.0 Å². The number of benzene rings is 1. The van der Waals surface area contributed by atoms with Gasteiger partial charge in [0.2, 0.25) is 0 Å². The van der Waals surface area contributed by atoms with E-state index in [0.717, 1.165) is 12.1 Å². The number of aromatic amines is 1. The fraction of sp³-hybridized carbons (Fsp3) is 0.353. The molecule has 8 heteroatoms. The number of nitrogens with zero attached hydrogens (tertiary/aromatic N) is 1. The minimum Gasteiger partial charge on any atom is -0.351 e. The molecular weight excluding hydrogens is 338 g/mol. The van der Waals surface area contributed by atoms with Gasteiger partial charge in [0, 0.05) is 17.4 Å². The Morgan fingerprint density at radius 1 is 1.16 bits per heavy atom. The number of anilines is 2. The Morgan fingerprint density at radius 2 is 1.88 bits per heavy atom. The zero-order valence-electron chi connectivity index (χ0n) is 13.7. The number of H-pyrrole nitrogens is 1. The van der Waals surface area contributed by atoms with E-state index in [1.54, 1.807) is 19.0 Å². The number of rotatable bonds is 3. The van der Waals surface area contributed by atoms with Gasteiger partial charge in [-0.25, -0.2) is 4.39 Å². The van der Waals surface area contributed by atoms with Crippen LogP contribution in [-0.2, 0) is 5.41 Å². The maximum absolute atomic E-state index is 14.4. The van der Waals surface area contributed by atoms with E-state index < -0.39 is 23.0 Å². The third-order valence-electron chi connectivity index (χ3n) is 4.54. The molecule has 3 rings (SSSR count). The molecular formula is C17H17F4N3O. The van der Waals surface area contributed by atoms with Crippen molar-refractivity contribution < 1.29 is 17.6 Å². The van der Waals surface area contributed by atoms with Crippen LogP contribution in [0.3, 0.4) is 0 Å². The number of nitrogens with one attached hydrogen (secondary N) is 2. The Balaban J connectivity index is 2.37. The average molecular weight is 355 g/mol. The molecule has 0 aliphatic carbocycles. The van der Waals surface area contributed by atoms with E-state index in [-0.39, 0.29) is 35.5 Å². The van der Waals surface area contributed by atoms with Gasteiger partial charge in [0.1, 0.15) is 16.9 Å². The molecule has 1 unspecified atom stereocenters. The van der Waals surface area contributed by atoms with Crippen LogP contribution in [0.5, 0.6) is 0 Å². The third-order valence-corrected chi connectivity index (χ3v) is 4.54. The van der Waals surface area contributed by atoms with Crippen LogP contribution in [0.2, 0.25) is 0 Å². The molecule has 1 aliphatic heterocycles. The standard InChI is InChI=1S/C17H17F4N3O/c1-24(2)8-6-16(17(19,20)21)11-5-7-22-15(25)14(11)23-13-4-3-10(18)9-12(13)16/h3-5,7,9,23H,6,8H2,1-2H3,(H,22,25). The largest absolute Gasteiger partial charge is 0.402 e. The average Bonchev–Trinajstić information content (AvgIpc) is 2.51. The molecule has 1 aromatic heterocycles. The lowest BCUT2D eigenvalue weighted by Crippen LogP contribution is -2.48. The van der Waals surface area contributed by atoms with Crippen molar-refractivity contribution >= 4 is 11.4 Å². The van der Waals surface area contributed by atoms with Crippen LogP contribution in [0.15, 0.2) is 35.3 Å². The number of halogens is 4. The highest BCUT2D eigenvalue weighted by molar-refractivity contribution is 5.75. The maximum Gasteiger partial charge on any atom is 0.402 e. The first-order valence-electron chi connectivity index (χ1n) is 7.67. The molecule has 0 amide bonds. The summed E-state index contributed by atoms with van der Waals surface area (Å²) in [5.41, 5.74) is -3.59. The summed E-state index contributed by atoms with van der Waals surface area (Å²) in [4.78, 5) is 16.1. The van der Waals surface area contributed by atoms with Crippen LogP contribution in [0, 0.1) is 5.82 Å². The van der Waals surface area contributed by atoms with Crippen molar-refractivity contribution in [2.45, 2.75) is 18.0 Å². The van der Waals surface area contributed by atoms with Gasteiger partial charge in [-0.05, 0) is 56.9 Å². The Kier molecular flexibility index (Phi) is 4.10. The first kappa shape index (κ1) is 17.5. The van der Waals surface area contributed by atoms with Gasteiger partial charge in [-0.1, -0.05) is 0 Å². The molecule has 0 spiro atoms. The molecule has 1 aromatic carbocycles. The van der Waals surface area contributed by atoms with E-state index in [0.29, 0.717) is 0 Å². The van der Waals surface area contributed by atoms with Crippen LogP contribution in [0.25, 0.3) is 0 Å². The van der Waals surface area contributed by atoms with Crippen LogP contribution >= 0.6 is 0 Å². The molecule has 1 aliphatic rings. The minimum atomic E-state index is -4.71. The Morgan fingerprint density at radius 3 is 2.52 bits per heavy atom. The minimum absolute atomic E-state index is 0.0849. The van der Waals surface area contributed by atoms with Gasteiger partial charge < -0.3 is 15.2 Å². The second-order valence-corrected chi connectivity index (χ2v) is 6.37. The number of hydrogen-bond donors (Lipinski definition) is 2. The molecule has 2 aromatic rings. The monoisotopic (exact) mass is 355 g/mol. The van der Waals surface area contributed by atoms with Gasteiger partial charge in [0.15, 0.2) is 0 Å². The van der Waals surface area contributed by atoms with Crippen molar-refractivity contribution in [3.8, 4) is 0 Å². The van der Waals surface area contributed by atoms with Crippen LogP contribution in [-0.4, -0.2) is 36.7 Å². The molecule has 0 bridgehead atoms. The molecule has 2 heterocycles. The van der Waals surface area contributed by atoms with Gasteiger partial charge in [0.25, 0.3) is 5.56 Å². The molecule has 0 radical (unpaired) electrons. The smallest absolute Gasteiger partial charge is 0.351 e. The van der Waals surface area contributed by atoms with Crippen LogP contribution in [0.4, 0.5) is 28.9 Å². The van der Waals surface area contributed by atoms with E-state index in [4.69, 9.17) is 0 Å². The molecule has 4 nitrogen and oxygen atoms in total. The number of fused-ring (bicyclic) bond motifs is 2.